The van der Waals surface area contributed by atoms with E-state index in [0.29, 0.717) is 30.3 Å². The second-order valence-electron chi connectivity index (χ2n) is 6.04. The summed E-state index contributed by atoms with van der Waals surface area (Å²) in [5.74, 6) is 6.09. The highest BCUT2D eigenvalue weighted by molar-refractivity contribution is 7.13. The Bertz CT molecular complexity index is 995. The summed E-state index contributed by atoms with van der Waals surface area (Å²) in [4.78, 5) is 12.9. The first-order valence-corrected chi connectivity index (χ1v) is 9.39. The fourth-order valence-electron chi connectivity index (χ4n) is 2.69. The maximum atomic E-state index is 6.07. The topological polar surface area (TPSA) is 154 Å². The van der Waals surface area contributed by atoms with E-state index < -0.39 is 0 Å². The normalized spacial score (nSPS) is 11.8. The number of hydrogen-bond donors (Lipinski definition) is 5. The molecule has 0 aliphatic carbocycles. The van der Waals surface area contributed by atoms with Crippen molar-refractivity contribution in [2.45, 2.75) is 13.0 Å². The summed E-state index contributed by atoms with van der Waals surface area (Å²) in [6.45, 7) is 0.528. The highest BCUT2D eigenvalue weighted by atomic mass is 32.1. The van der Waals surface area contributed by atoms with Crippen molar-refractivity contribution in [1.29, 1.82) is 0 Å². The molecule has 0 atom stereocenters. The van der Waals surface area contributed by atoms with Crippen molar-refractivity contribution in [2.75, 3.05) is 16.9 Å². The summed E-state index contributed by atoms with van der Waals surface area (Å²) in [5, 5.41) is 2.95. The van der Waals surface area contributed by atoms with Crippen molar-refractivity contribution in [3.63, 3.8) is 0 Å². The highest BCUT2D eigenvalue weighted by Gasteiger charge is 2.09. The maximum Gasteiger partial charge on any atom is 0.165 e. The van der Waals surface area contributed by atoms with Gasteiger partial charge in [0.15, 0.2) is 5.82 Å². The number of allylic oxidation sites excluding steroid dienone is 1. The van der Waals surface area contributed by atoms with Crippen molar-refractivity contribution in [3.8, 4) is 10.6 Å². The molecular weight excluding hydrogens is 372 g/mol. The van der Waals surface area contributed by atoms with Crippen LogP contribution in [0.5, 0.6) is 0 Å². The number of nitrogens with one attached hydrogen (secondary N) is 1. The number of benzene rings is 1. The molecule has 1 aromatic carbocycles. The molecule has 0 saturated heterocycles. The Labute approximate surface area is 167 Å². The number of rotatable bonds is 7. The number of nitrogens with zero attached hydrogens (tertiary/aromatic N) is 3. The van der Waals surface area contributed by atoms with Crippen LogP contribution in [-0.2, 0) is 13.0 Å². The number of pyridine rings is 1. The van der Waals surface area contributed by atoms with Crippen molar-refractivity contribution >= 4 is 34.9 Å². The number of aromatic nitrogens is 2. The molecule has 0 aliphatic heterocycles. The fourth-order valence-corrected chi connectivity index (χ4v) is 3.33. The number of hydrogen-bond acceptors (Lipinski definition) is 9. The summed E-state index contributed by atoms with van der Waals surface area (Å²) >= 11 is 1.61. The van der Waals surface area contributed by atoms with E-state index in [-0.39, 0.29) is 0 Å². The minimum absolute atomic E-state index is 0.324. The van der Waals surface area contributed by atoms with Crippen LogP contribution < -0.4 is 28.5 Å². The van der Waals surface area contributed by atoms with Gasteiger partial charge in [0, 0.05) is 29.8 Å². The van der Waals surface area contributed by atoms with Crippen LogP contribution in [0.4, 0.5) is 17.3 Å². The molecule has 0 radical (unpaired) electrons. The molecule has 0 fully saturated rings. The Balaban J connectivity index is 1.70. The molecule has 9 N–H and O–H groups in total. The Kier molecular flexibility index (Phi) is 6.20. The van der Waals surface area contributed by atoms with Gasteiger partial charge in [0.1, 0.15) is 10.8 Å². The molecule has 0 spiro atoms. The van der Waals surface area contributed by atoms with Gasteiger partial charge in [-0.05, 0) is 35.0 Å². The summed E-state index contributed by atoms with van der Waals surface area (Å²) in [6, 6.07) is 9.86. The van der Waals surface area contributed by atoms with Gasteiger partial charge in [-0.3, -0.25) is 4.99 Å². The molecule has 28 heavy (non-hydrogen) atoms. The summed E-state index contributed by atoms with van der Waals surface area (Å²) in [7, 11) is 0. The molecule has 8 nitrogen and oxygen atoms in total. The van der Waals surface area contributed by atoms with Gasteiger partial charge in [0.25, 0.3) is 0 Å². The summed E-state index contributed by atoms with van der Waals surface area (Å²) < 4.78 is 0. The average molecular weight is 395 g/mol. The van der Waals surface area contributed by atoms with E-state index in [4.69, 9.17) is 23.0 Å². The zero-order valence-corrected chi connectivity index (χ0v) is 16.0. The third-order valence-electron chi connectivity index (χ3n) is 4.05. The van der Waals surface area contributed by atoms with Crippen molar-refractivity contribution < 1.29 is 0 Å². The predicted octanol–water partition coefficient (Wildman–Crippen LogP) is 2.31. The van der Waals surface area contributed by atoms with Crippen LogP contribution in [0, 0.1) is 0 Å². The van der Waals surface area contributed by atoms with Crippen LogP contribution >= 0.6 is 11.3 Å². The van der Waals surface area contributed by atoms with Gasteiger partial charge in [0.2, 0.25) is 0 Å². The smallest absolute Gasteiger partial charge is 0.165 e. The molecule has 2 heterocycles. The molecule has 0 saturated carbocycles. The monoisotopic (exact) mass is 394 g/mol. The zero-order valence-electron chi connectivity index (χ0n) is 15.2. The Morgan fingerprint density at radius 2 is 2.11 bits per heavy atom. The van der Waals surface area contributed by atoms with Gasteiger partial charge in [-0.2, -0.15) is 0 Å². The Morgan fingerprint density at radius 1 is 1.25 bits per heavy atom. The van der Waals surface area contributed by atoms with Gasteiger partial charge in [-0.15, -0.1) is 11.3 Å². The van der Waals surface area contributed by atoms with Crippen LogP contribution in [0.25, 0.3) is 10.6 Å². The number of thiazole rings is 1. The quantitative estimate of drug-likeness (QED) is 0.234. The molecule has 0 aliphatic rings. The number of anilines is 3. The van der Waals surface area contributed by atoms with E-state index >= 15 is 0 Å². The first-order chi connectivity index (χ1) is 13.6. The van der Waals surface area contributed by atoms with Crippen LogP contribution in [0.1, 0.15) is 11.1 Å². The van der Waals surface area contributed by atoms with E-state index in [1.54, 1.807) is 29.8 Å². The van der Waals surface area contributed by atoms with Crippen LogP contribution in [0.15, 0.2) is 58.7 Å². The lowest BCUT2D eigenvalue weighted by atomic mass is 10.1. The number of hydrazine groups is 1. The Hall–Kier alpha value is -3.43. The molecule has 2 aromatic heterocycles. The highest BCUT2D eigenvalue weighted by Crippen LogP contribution is 2.25. The average Bonchev–Trinajstić information content (AvgIpc) is 3.24. The van der Waals surface area contributed by atoms with Gasteiger partial charge in [-0.1, -0.05) is 18.2 Å². The molecule has 9 heteroatoms. The second kappa shape index (κ2) is 8.98. The summed E-state index contributed by atoms with van der Waals surface area (Å²) in [6.07, 6.45) is 5.50. The largest absolute Gasteiger partial charge is 0.404 e. The fraction of sp³-hybridized carbons (Fsp3) is 0.105. The van der Waals surface area contributed by atoms with Gasteiger partial charge < -0.3 is 22.6 Å². The third kappa shape index (κ3) is 4.64. The lowest BCUT2D eigenvalue weighted by Crippen LogP contribution is -2.14. The van der Waals surface area contributed by atoms with Crippen LogP contribution in [0.2, 0.25) is 0 Å². The van der Waals surface area contributed by atoms with E-state index in [2.05, 4.69) is 26.5 Å². The van der Waals surface area contributed by atoms with Gasteiger partial charge >= 0.3 is 0 Å². The molecule has 3 aromatic rings. The van der Waals surface area contributed by atoms with E-state index in [9.17, 15) is 0 Å². The van der Waals surface area contributed by atoms with Crippen molar-refractivity contribution in [1.82, 2.24) is 9.97 Å². The molecule has 0 bridgehead atoms. The van der Waals surface area contributed by atoms with Crippen molar-refractivity contribution in [3.05, 3.63) is 64.8 Å². The molecular formula is C19H22N8S. The standard InChI is InChI=1S/C19H22N8S/c20-9-13(7-15-8-16(21)26-18(27-23)17(15)22)11-24-10-12-2-1-3-14(6-12)19-25-4-5-28-19/h1-6,8-9,11H,7,10,20,22-23H2,(H3,21,26,27). The Morgan fingerprint density at radius 3 is 2.82 bits per heavy atom. The van der Waals surface area contributed by atoms with E-state index in [1.165, 1.54) is 6.20 Å². The first-order valence-electron chi connectivity index (χ1n) is 8.51. The minimum Gasteiger partial charge on any atom is -0.404 e. The maximum absolute atomic E-state index is 6.07. The third-order valence-corrected chi connectivity index (χ3v) is 4.87. The molecule has 0 amide bonds. The van der Waals surface area contributed by atoms with E-state index in [1.807, 2.05) is 23.6 Å². The van der Waals surface area contributed by atoms with Crippen molar-refractivity contribution in [2.24, 2.45) is 16.6 Å². The minimum atomic E-state index is 0.324. The van der Waals surface area contributed by atoms with Crippen LogP contribution in [0.3, 0.4) is 0 Å². The number of aliphatic imine (C=N–C) groups is 1. The number of nitrogens with two attached hydrogens (primary N) is 4. The summed E-state index contributed by atoms with van der Waals surface area (Å²) in [5.41, 5.74) is 24.2. The lowest BCUT2D eigenvalue weighted by Gasteiger charge is -2.11. The lowest BCUT2D eigenvalue weighted by molar-refractivity contribution is 1.07. The molecule has 144 valence electrons. The first kappa shape index (κ1) is 19.3. The number of nitrogen functional groups attached to an aromatic ring is 3. The van der Waals surface area contributed by atoms with E-state index in [0.717, 1.165) is 27.3 Å². The van der Waals surface area contributed by atoms with Gasteiger partial charge in [-0.25, -0.2) is 15.8 Å². The van der Waals surface area contributed by atoms with Crippen LogP contribution in [-0.4, -0.2) is 16.2 Å². The second-order valence-corrected chi connectivity index (χ2v) is 6.93. The predicted molar refractivity (Wildman–Crippen MR) is 117 cm³/mol. The molecule has 3 rings (SSSR count). The van der Waals surface area contributed by atoms with Gasteiger partial charge in [0.05, 0.1) is 12.2 Å². The molecule has 0 unspecified atom stereocenters. The SMILES string of the molecule is NC=C(C=NCc1cccc(-c2nccs2)c1)Cc1cc(N)nc(NN)c1N. The zero-order chi connectivity index (χ0) is 19.9.